The number of rotatable bonds is 7. The minimum atomic E-state index is -1.70. The number of amidine groups is 1. The van der Waals surface area contributed by atoms with E-state index >= 15 is 0 Å². The van der Waals surface area contributed by atoms with Crippen molar-refractivity contribution in [1.82, 2.24) is 0 Å². The van der Waals surface area contributed by atoms with E-state index < -0.39 is 8.32 Å². The first-order valence-electron chi connectivity index (χ1n) is 5.90. The van der Waals surface area contributed by atoms with Crippen LogP contribution in [0.1, 0.15) is 27.2 Å². The third kappa shape index (κ3) is 6.65. The number of aliphatic hydroxyl groups excluding tert-OH is 1. The van der Waals surface area contributed by atoms with Crippen LogP contribution in [-0.2, 0) is 9.26 Å². The fraction of sp³-hybridized carbons (Fsp3) is 0.909. The number of nitrogens with two attached hydrogens (primary N) is 1. The Bertz CT molecular complexity index is 250. The van der Waals surface area contributed by atoms with Gasteiger partial charge in [-0.1, -0.05) is 25.9 Å². The van der Waals surface area contributed by atoms with E-state index in [-0.39, 0.29) is 11.6 Å². The van der Waals surface area contributed by atoms with Crippen LogP contribution in [0.4, 0.5) is 0 Å². The average molecular weight is 262 g/mol. The minimum Gasteiger partial charge on any atom is -0.413 e. The van der Waals surface area contributed by atoms with Gasteiger partial charge in [0.15, 0.2) is 8.32 Å². The molecule has 0 aromatic rings. The van der Waals surface area contributed by atoms with Gasteiger partial charge in [-0.05, 0) is 18.1 Å². The van der Waals surface area contributed by atoms with Crippen LogP contribution in [0.2, 0.25) is 18.1 Å². The molecular weight excluding hydrogens is 236 g/mol. The Morgan fingerprint density at radius 2 is 1.88 bits per heavy atom. The summed E-state index contributed by atoms with van der Waals surface area (Å²) in [5, 5.41) is 12.5. The fourth-order valence-electron chi connectivity index (χ4n) is 0.839. The van der Waals surface area contributed by atoms with Crippen molar-refractivity contribution in [2.75, 3.05) is 19.8 Å². The number of nitrogens with zero attached hydrogens (tertiary/aromatic N) is 1. The highest BCUT2D eigenvalue weighted by Gasteiger charge is 2.36. The Labute approximate surface area is 105 Å². The first kappa shape index (κ1) is 16.4. The topological polar surface area (TPSA) is 77.1 Å². The van der Waals surface area contributed by atoms with Gasteiger partial charge in [0.05, 0.1) is 13.2 Å². The molecule has 0 amide bonds. The molecule has 0 aliphatic carbocycles. The summed E-state index contributed by atoms with van der Waals surface area (Å²) in [6, 6.07) is 0. The molecule has 6 heteroatoms. The van der Waals surface area contributed by atoms with Crippen LogP contribution in [0, 0.1) is 0 Å². The Kier molecular flexibility index (Phi) is 6.73. The molecule has 0 aliphatic rings. The number of hydrogen-bond donors (Lipinski definition) is 2. The molecule has 0 rings (SSSR count). The van der Waals surface area contributed by atoms with Crippen molar-refractivity contribution in [3.63, 3.8) is 0 Å². The van der Waals surface area contributed by atoms with Gasteiger partial charge in [0.2, 0.25) is 0 Å². The molecule has 0 fully saturated rings. The summed E-state index contributed by atoms with van der Waals surface area (Å²) in [6.45, 7) is 11.9. The Hall–Kier alpha value is -0.593. The lowest BCUT2D eigenvalue weighted by atomic mass is 10.2. The minimum absolute atomic E-state index is 0.0147. The van der Waals surface area contributed by atoms with Gasteiger partial charge in [-0.15, -0.1) is 0 Å². The molecular formula is C11H26N2O3Si. The van der Waals surface area contributed by atoms with Crippen molar-refractivity contribution in [3.8, 4) is 0 Å². The first-order valence-corrected chi connectivity index (χ1v) is 8.80. The predicted molar refractivity (Wildman–Crippen MR) is 72.4 cm³/mol. The maximum absolute atomic E-state index is 8.60. The second-order valence-electron chi connectivity index (χ2n) is 5.50. The zero-order chi connectivity index (χ0) is 13.5. The van der Waals surface area contributed by atoms with Gasteiger partial charge in [0.1, 0.15) is 12.4 Å². The fourth-order valence-corrected chi connectivity index (χ4v) is 1.87. The van der Waals surface area contributed by atoms with Gasteiger partial charge >= 0.3 is 0 Å². The lowest BCUT2D eigenvalue weighted by Crippen LogP contribution is -2.41. The highest BCUT2D eigenvalue weighted by Crippen LogP contribution is 2.36. The third-order valence-electron chi connectivity index (χ3n) is 2.99. The number of oxime groups is 1. The molecule has 0 saturated heterocycles. The molecule has 5 nitrogen and oxygen atoms in total. The van der Waals surface area contributed by atoms with Crippen molar-refractivity contribution in [2.24, 2.45) is 10.9 Å². The molecule has 0 saturated carbocycles. The summed E-state index contributed by atoms with van der Waals surface area (Å²) in [7, 11) is -1.70. The summed E-state index contributed by atoms with van der Waals surface area (Å²) < 4.78 is 5.89. The normalized spacial score (nSPS) is 13.9. The van der Waals surface area contributed by atoms with Gasteiger partial charge < -0.3 is 20.1 Å². The molecule has 0 atom stereocenters. The Morgan fingerprint density at radius 3 is 2.35 bits per heavy atom. The largest absolute Gasteiger partial charge is 0.413 e. The molecule has 102 valence electrons. The predicted octanol–water partition coefficient (Wildman–Crippen LogP) is 1.68. The van der Waals surface area contributed by atoms with Gasteiger partial charge in [-0.2, -0.15) is 0 Å². The maximum Gasteiger partial charge on any atom is 0.192 e. The summed E-state index contributed by atoms with van der Waals surface area (Å²) >= 11 is 0. The monoisotopic (exact) mass is 262 g/mol. The molecule has 0 bridgehead atoms. The van der Waals surface area contributed by atoms with Crippen LogP contribution in [0.5, 0.6) is 0 Å². The van der Waals surface area contributed by atoms with Crippen LogP contribution in [0.15, 0.2) is 5.16 Å². The average Bonchev–Trinajstić information content (AvgIpc) is 2.15. The van der Waals surface area contributed by atoms with Gasteiger partial charge in [-0.25, -0.2) is 0 Å². The van der Waals surface area contributed by atoms with E-state index in [1.54, 1.807) is 0 Å². The second-order valence-corrected chi connectivity index (χ2v) is 10.3. The van der Waals surface area contributed by atoms with E-state index in [9.17, 15) is 0 Å². The summed E-state index contributed by atoms with van der Waals surface area (Å²) in [6.07, 6.45) is 0.336. The molecule has 0 heterocycles. The second kappa shape index (κ2) is 6.98. The zero-order valence-electron chi connectivity index (χ0n) is 11.6. The number of aliphatic hydroxyl groups is 1. The van der Waals surface area contributed by atoms with E-state index in [1.165, 1.54) is 0 Å². The van der Waals surface area contributed by atoms with E-state index in [4.69, 9.17) is 20.1 Å². The molecule has 0 aromatic heterocycles. The highest BCUT2D eigenvalue weighted by atomic mass is 28.4. The smallest absolute Gasteiger partial charge is 0.192 e. The van der Waals surface area contributed by atoms with Gasteiger partial charge in [0.25, 0.3) is 0 Å². The lowest BCUT2D eigenvalue weighted by molar-refractivity contribution is 0.101. The van der Waals surface area contributed by atoms with E-state index in [1.807, 2.05) is 0 Å². The SMILES string of the molecule is CC(C)(C)[Si](C)(C)OCCON=C(N)CCO. The van der Waals surface area contributed by atoms with E-state index in [0.29, 0.717) is 25.5 Å². The maximum atomic E-state index is 8.60. The molecule has 0 aliphatic heterocycles. The quantitative estimate of drug-likeness (QED) is 0.241. The molecule has 0 aromatic carbocycles. The van der Waals surface area contributed by atoms with Crippen LogP contribution in [0.25, 0.3) is 0 Å². The van der Waals surface area contributed by atoms with Crippen molar-refractivity contribution < 1.29 is 14.4 Å². The summed E-state index contributed by atoms with van der Waals surface area (Å²) in [5.41, 5.74) is 5.45. The van der Waals surface area contributed by atoms with Crippen LogP contribution in [0.3, 0.4) is 0 Å². The van der Waals surface area contributed by atoms with E-state index in [2.05, 4.69) is 39.0 Å². The summed E-state index contributed by atoms with van der Waals surface area (Å²) in [5.74, 6) is 0.305. The van der Waals surface area contributed by atoms with Crippen LogP contribution < -0.4 is 5.73 Å². The van der Waals surface area contributed by atoms with Gasteiger partial charge in [-0.3, -0.25) is 0 Å². The molecule has 0 spiro atoms. The number of hydrogen-bond acceptors (Lipinski definition) is 4. The third-order valence-corrected chi connectivity index (χ3v) is 7.53. The Balaban J connectivity index is 3.83. The lowest BCUT2D eigenvalue weighted by Gasteiger charge is -2.35. The van der Waals surface area contributed by atoms with Crippen LogP contribution in [-0.4, -0.2) is 39.1 Å². The van der Waals surface area contributed by atoms with Crippen molar-refractivity contribution in [3.05, 3.63) is 0 Å². The molecule has 3 N–H and O–H groups in total. The van der Waals surface area contributed by atoms with Crippen molar-refractivity contribution >= 4 is 14.2 Å². The van der Waals surface area contributed by atoms with E-state index in [0.717, 1.165) is 0 Å². The van der Waals surface area contributed by atoms with Crippen molar-refractivity contribution in [2.45, 2.75) is 45.3 Å². The highest BCUT2D eigenvalue weighted by molar-refractivity contribution is 6.74. The summed E-state index contributed by atoms with van der Waals surface area (Å²) in [4.78, 5) is 5.01. The molecule has 0 radical (unpaired) electrons. The molecule has 17 heavy (non-hydrogen) atoms. The van der Waals surface area contributed by atoms with Gasteiger partial charge in [0, 0.05) is 6.42 Å². The molecule has 0 unspecified atom stereocenters. The Morgan fingerprint density at radius 1 is 1.29 bits per heavy atom. The standard InChI is InChI=1S/C11H26N2O3Si/c1-11(2,3)17(4,5)16-9-8-15-13-10(12)6-7-14/h14H,6-9H2,1-5H3,(H2,12,13). The first-order chi connectivity index (χ1) is 7.70. The zero-order valence-corrected chi connectivity index (χ0v) is 12.6. The van der Waals surface area contributed by atoms with Crippen molar-refractivity contribution in [1.29, 1.82) is 0 Å². The van der Waals surface area contributed by atoms with Crippen LogP contribution >= 0.6 is 0 Å².